The summed E-state index contributed by atoms with van der Waals surface area (Å²) in [5.74, 6) is 0.699. The number of ether oxygens (including phenoxy) is 1. The fourth-order valence-electron chi connectivity index (χ4n) is 5.89. The highest BCUT2D eigenvalue weighted by atomic mass is 16.5. The van der Waals surface area contributed by atoms with Crippen LogP contribution in [0.5, 0.6) is 5.75 Å². The standard InChI is InChI=1S/C35H31NO3/c1-24-9-8-14-29(19-24)36-32-20-28(26-12-6-3-7-13-26)21-33(37)35(32)31(22-34(36)38)27-15-17-30(18-16-27)39-23-25-10-4-2-5-11-25/h2-19,28,31H,20-23H2,1H3. The second kappa shape index (κ2) is 10.7. The van der Waals surface area contributed by atoms with Gasteiger partial charge in [-0.05, 0) is 65.8 Å². The number of benzene rings is 4. The molecule has 4 aromatic carbocycles. The van der Waals surface area contributed by atoms with Gasteiger partial charge in [0, 0.05) is 35.7 Å². The summed E-state index contributed by atoms with van der Waals surface area (Å²) >= 11 is 0. The van der Waals surface area contributed by atoms with Crippen LogP contribution < -0.4 is 9.64 Å². The first kappa shape index (κ1) is 24.9. The molecule has 2 aliphatic rings. The minimum atomic E-state index is -0.263. The summed E-state index contributed by atoms with van der Waals surface area (Å²) in [5.41, 5.74) is 6.74. The molecule has 1 heterocycles. The van der Waals surface area contributed by atoms with E-state index in [2.05, 4.69) is 12.1 Å². The first-order chi connectivity index (χ1) is 19.1. The number of anilines is 1. The molecular weight excluding hydrogens is 482 g/mol. The van der Waals surface area contributed by atoms with Crippen LogP contribution in [0.3, 0.4) is 0 Å². The first-order valence-electron chi connectivity index (χ1n) is 13.5. The third-order valence-corrected chi connectivity index (χ3v) is 7.79. The molecule has 39 heavy (non-hydrogen) atoms. The van der Waals surface area contributed by atoms with E-state index in [0.29, 0.717) is 19.4 Å². The Labute approximate surface area is 229 Å². The number of Topliss-reactive ketones (excluding diaryl/α,β-unsaturated/α-hetero) is 1. The Hall–Kier alpha value is -4.44. The molecule has 0 radical (unpaired) electrons. The number of nitrogens with zero attached hydrogens (tertiary/aromatic N) is 1. The lowest BCUT2D eigenvalue weighted by molar-refractivity contribution is -0.120. The molecule has 1 amide bonds. The van der Waals surface area contributed by atoms with Gasteiger partial charge in [-0.3, -0.25) is 14.5 Å². The lowest BCUT2D eigenvalue weighted by Gasteiger charge is -2.40. The van der Waals surface area contributed by atoms with Crippen LogP contribution in [-0.4, -0.2) is 11.7 Å². The fourth-order valence-corrected chi connectivity index (χ4v) is 5.89. The summed E-state index contributed by atoms with van der Waals surface area (Å²) in [5, 5.41) is 0. The van der Waals surface area contributed by atoms with Crippen molar-refractivity contribution >= 4 is 17.4 Å². The van der Waals surface area contributed by atoms with E-state index in [4.69, 9.17) is 4.74 Å². The average molecular weight is 514 g/mol. The number of hydrogen-bond donors (Lipinski definition) is 0. The van der Waals surface area contributed by atoms with Gasteiger partial charge in [-0.15, -0.1) is 0 Å². The molecule has 4 nitrogen and oxygen atoms in total. The van der Waals surface area contributed by atoms with Crippen LogP contribution in [0.25, 0.3) is 0 Å². The molecule has 6 rings (SSSR count). The zero-order valence-corrected chi connectivity index (χ0v) is 22.0. The van der Waals surface area contributed by atoms with Gasteiger partial charge in [-0.25, -0.2) is 0 Å². The Morgan fingerprint density at radius 3 is 2.18 bits per heavy atom. The van der Waals surface area contributed by atoms with Gasteiger partial charge < -0.3 is 4.74 Å². The maximum absolute atomic E-state index is 13.9. The number of carbonyl (C=O) groups is 2. The summed E-state index contributed by atoms with van der Waals surface area (Å²) < 4.78 is 5.98. The third-order valence-electron chi connectivity index (χ3n) is 7.79. The molecule has 2 unspecified atom stereocenters. The highest BCUT2D eigenvalue weighted by molar-refractivity contribution is 6.08. The summed E-state index contributed by atoms with van der Waals surface area (Å²) in [6.07, 6.45) is 1.37. The molecule has 0 aromatic heterocycles. The van der Waals surface area contributed by atoms with E-state index in [1.54, 1.807) is 0 Å². The highest BCUT2D eigenvalue weighted by Crippen LogP contribution is 2.47. The van der Waals surface area contributed by atoms with Gasteiger partial charge in [-0.1, -0.05) is 84.9 Å². The fraction of sp³-hybridized carbons (Fsp3) is 0.200. The van der Waals surface area contributed by atoms with Crippen molar-refractivity contribution in [3.63, 3.8) is 0 Å². The van der Waals surface area contributed by atoms with Crippen molar-refractivity contribution in [2.24, 2.45) is 0 Å². The number of carbonyl (C=O) groups excluding carboxylic acids is 2. The smallest absolute Gasteiger partial charge is 0.232 e. The largest absolute Gasteiger partial charge is 0.489 e. The molecule has 194 valence electrons. The minimum absolute atomic E-state index is 0.0234. The molecule has 1 aliphatic carbocycles. The van der Waals surface area contributed by atoms with Gasteiger partial charge in [0.25, 0.3) is 0 Å². The summed E-state index contributed by atoms with van der Waals surface area (Å²) in [6.45, 7) is 2.51. The molecule has 1 aliphatic heterocycles. The van der Waals surface area contributed by atoms with E-state index >= 15 is 0 Å². The molecule has 0 bridgehead atoms. The van der Waals surface area contributed by atoms with Crippen LogP contribution in [0.4, 0.5) is 5.69 Å². The maximum atomic E-state index is 13.9. The van der Waals surface area contributed by atoms with Crippen LogP contribution >= 0.6 is 0 Å². The quantitative estimate of drug-likeness (QED) is 0.268. The second-order valence-corrected chi connectivity index (χ2v) is 10.5. The van der Waals surface area contributed by atoms with E-state index in [0.717, 1.165) is 45.0 Å². The zero-order valence-electron chi connectivity index (χ0n) is 22.0. The molecule has 0 spiro atoms. The monoisotopic (exact) mass is 513 g/mol. The summed E-state index contributed by atoms with van der Waals surface area (Å²) in [7, 11) is 0. The lowest BCUT2D eigenvalue weighted by atomic mass is 9.72. The predicted octanol–water partition coefficient (Wildman–Crippen LogP) is 7.50. The van der Waals surface area contributed by atoms with Crippen molar-refractivity contribution in [2.45, 2.75) is 44.6 Å². The number of hydrogen-bond acceptors (Lipinski definition) is 3. The molecule has 2 atom stereocenters. The summed E-state index contributed by atoms with van der Waals surface area (Å²) in [4.78, 5) is 29.4. The first-order valence-corrected chi connectivity index (χ1v) is 13.5. The van der Waals surface area contributed by atoms with Crippen LogP contribution in [0.2, 0.25) is 0 Å². The SMILES string of the molecule is Cc1cccc(N2C(=O)CC(c3ccc(OCc4ccccc4)cc3)C3=C2CC(c2ccccc2)CC3=O)c1. The van der Waals surface area contributed by atoms with E-state index in [1.807, 2.05) is 109 Å². The van der Waals surface area contributed by atoms with E-state index < -0.39 is 0 Å². The Kier molecular flexibility index (Phi) is 6.85. The van der Waals surface area contributed by atoms with Crippen LogP contribution in [-0.2, 0) is 16.2 Å². The normalized spacial score (nSPS) is 19.2. The third kappa shape index (κ3) is 5.15. The van der Waals surface area contributed by atoms with Gasteiger partial charge in [-0.2, -0.15) is 0 Å². The van der Waals surface area contributed by atoms with Gasteiger partial charge in [0.2, 0.25) is 5.91 Å². The Morgan fingerprint density at radius 2 is 1.46 bits per heavy atom. The summed E-state index contributed by atoms with van der Waals surface area (Å²) in [6, 6.07) is 36.1. The molecule has 0 saturated heterocycles. The maximum Gasteiger partial charge on any atom is 0.232 e. The predicted molar refractivity (Wildman–Crippen MR) is 154 cm³/mol. The van der Waals surface area contributed by atoms with Crippen molar-refractivity contribution < 1.29 is 14.3 Å². The Balaban J connectivity index is 1.35. The Morgan fingerprint density at radius 1 is 0.744 bits per heavy atom. The van der Waals surface area contributed by atoms with Gasteiger partial charge >= 0.3 is 0 Å². The molecule has 4 heteroatoms. The number of rotatable bonds is 6. The number of allylic oxidation sites excluding steroid dienone is 2. The molecule has 4 aromatic rings. The van der Waals surface area contributed by atoms with E-state index in [1.165, 1.54) is 0 Å². The molecular formula is C35H31NO3. The number of ketones is 1. The minimum Gasteiger partial charge on any atom is -0.489 e. The van der Waals surface area contributed by atoms with Crippen LogP contribution in [0, 0.1) is 6.92 Å². The number of aryl methyl sites for hydroxylation is 1. The van der Waals surface area contributed by atoms with Gasteiger partial charge in [0.05, 0.1) is 0 Å². The molecule has 0 N–H and O–H groups in total. The topological polar surface area (TPSA) is 46.6 Å². The van der Waals surface area contributed by atoms with Crippen molar-refractivity contribution in [3.05, 3.63) is 143 Å². The van der Waals surface area contributed by atoms with E-state index in [9.17, 15) is 9.59 Å². The second-order valence-electron chi connectivity index (χ2n) is 10.5. The zero-order chi connectivity index (χ0) is 26.8. The molecule has 0 fully saturated rings. The van der Waals surface area contributed by atoms with Crippen molar-refractivity contribution in [3.8, 4) is 5.75 Å². The number of amides is 1. The van der Waals surface area contributed by atoms with Crippen molar-refractivity contribution in [2.75, 3.05) is 4.90 Å². The van der Waals surface area contributed by atoms with Crippen molar-refractivity contribution in [1.82, 2.24) is 0 Å². The van der Waals surface area contributed by atoms with Crippen molar-refractivity contribution in [1.29, 1.82) is 0 Å². The Bertz CT molecular complexity index is 1520. The van der Waals surface area contributed by atoms with Crippen LogP contribution in [0.15, 0.2) is 120 Å². The average Bonchev–Trinajstić information content (AvgIpc) is 2.97. The highest BCUT2D eigenvalue weighted by Gasteiger charge is 2.42. The molecule has 0 saturated carbocycles. The lowest BCUT2D eigenvalue weighted by Crippen LogP contribution is -2.41. The van der Waals surface area contributed by atoms with E-state index in [-0.39, 0.29) is 29.9 Å². The van der Waals surface area contributed by atoms with Crippen LogP contribution in [0.1, 0.15) is 53.4 Å². The van der Waals surface area contributed by atoms with Gasteiger partial charge in [0.15, 0.2) is 5.78 Å². The van der Waals surface area contributed by atoms with Gasteiger partial charge in [0.1, 0.15) is 12.4 Å².